The summed E-state index contributed by atoms with van der Waals surface area (Å²) in [4.78, 5) is 3.60. The molecule has 2 unspecified atom stereocenters. The van der Waals surface area contributed by atoms with E-state index >= 15 is 0 Å². The molecule has 0 saturated heterocycles. The highest BCUT2D eigenvalue weighted by Gasteiger charge is 2.41. The van der Waals surface area contributed by atoms with Gasteiger partial charge in [0.1, 0.15) is 12.4 Å². The van der Waals surface area contributed by atoms with E-state index in [2.05, 4.69) is 104 Å². The van der Waals surface area contributed by atoms with E-state index in [1.54, 1.807) is 0 Å². The molecule has 0 amide bonds. The number of nitrogens with one attached hydrogen (secondary N) is 1. The van der Waals surface area contributed by atoms with Gasteiger partial charge in [0.25, 0.3) is 5.82 Å². The van der Waals surface area contributed by atoms with E-state index in [0.29, 0.717) is 5.92 Å². The van der Waals surface area contributed by atoms with E-state index in [9.17, 15) is 0 Å². The second-order valence-electron chi connectivity index (χ2n) is 9.36. The maximum absolute atomic E-state index is 3.60. The van der Waals surface area contributed by atoms with Crippen LogP contribution >= 0.6 is 0 Å². The lowest BCUT2D eigenvalue weighted by molar-refractivity contribution is -0.679. The monoisotopic (exact) mass is 417 g/mol. The summed E-state index contributed by atoms with van der Waals surface area (Å²) in [7, 11) is 2.18. The lowest BCUT2D eigenvalue weighted by Gasteiger charge is -2.37. The van der Waals surface area contributed by atoms with Gasteiger partial charge in [-0.15, -0.1) is 0 Å². The molecule has 0 aliphatic rings. The number of unbranched alkanes of at least 4 members (excludes halogenated alkanes) is 6. The Labute approximate surface area is 189 Å². The van der Waals surface area contributed by atoms with Gasteiger partial charge in [-0.1, -0.05) is 119 Å². The highest BCUT2D eigenvalue weighted by Crippen LogP contribution is 2.43. The van der Waals surface area contributed by atoms with Gasteiger partial charge in [-0.3, -0.25) is 0 Å². The Kier molecular flexibility index (Phi) is 8.94. The van der Waals surface area contributed by atoms with Gasteiger partial charge in [0.2, 0.25) is 0 Å². The molecule has 0 saturated carbocycles. The number of H-pyrrole nitrogens is 1. The minimum Gasteiger partial charge on any atom is -0.247 e. The van der Waals surface area contributed by atoms with Crippen molar-refractivity contribution in [1.82, 2.24) is 4.98 Å². The maximum Gasteiger partial charge on any atom is 0.258 e. The number of rotatable bonds is 13. The highest BCUT2D eigenvalue weighted by molar-refractivity contribution is 5.32. The van der Waals surface area contributed by atoms with Gasteiger partial charge >= 0.3 is 0 Å². The largest absolute Gasteiger partial charge is 0.258 e. The Morgan fingerprint density at radius 1 is 0.839 bits per heavy atom. The van der Waals surface area contributed by atoms with Crippen molar-refractivity contribution in [3.63, 3.8) is 0 Å². The molecule has 1 heterocycles. The summed E-state index contributed by atoms with van der Waals surface area (Å²) in [5, 5.41) is 0. The molecule has 3 rings (SSSR count). The zero-order valence-corrected chi connectivity index (χ0v) is 19.8. The predicted molar refractivity (Wildman–Crippen MR) is 131 cm³/mol. The zero-order chi connectivity index (χ0) is 21.9. The van der Waals surface area contributed by atoms with Gasteiger partial charge in [0.05, 0.1) is 13.0 Å². The van der Waals surface area contributed by atoms with Crippen molar-refractivity contribution in [3.8, 4) is 0 Å². The van der Waals surface area contributed by atoms with Crippen LogP contribution in [0.2, 0.25) is 0 Å². The Hall–Kier alpha value is -2.35. The summed E-state index contributed by atoms with van der Waals surface area (Å²) in [5.74, 6) is 1.78. The van der Waals surface area contributed by atoms with Crippen LogP contribution in [-0.4, -0.2) is 4.98 Å². The van der Waals surface area contributed by atoms with Gasteiger partial charge in [-0.05, 0) is 24.0 Å². The van der Waals surface area contributed by atoms with Crippen molar-refractivity contribution in [1.29, 1.82) is 0 Å². The molecule has 166 valence electrons. The second-order valence-corrected chi connectivity index (χ2v) is 9.36. The molecule has 0 fully saturated rings. The van der Waals surface area contributed by atoms with Crippen molar-refractivity contribution in [3.05, 3.63) is 90.0 Å². The van der Waals surface area contributed by atoms with Gasteiger partial charge in [-0.25, -0.2) is 9.55 Å². The molecule has 0 aliphatic heterocycles. The minimum absolute atomic E-state index is 0.0213. The number of aromatic amines is 1. The number of nitrogens with zero attached hydrogens (tertiary/aromatic N) is 1. The summed E-state index contributed by atoms with van der Waals surface area (Å²) in [6.07, 6.45) is 15.9. The van der Waals surface area contributed by atoms with Crippen LogP contribution in [0.1, 0.15) is 88.1 Å². The third-order valence-corrected chi connectivity index (χ3v) is 6.95. The molecular weight excluding hydrogens is 376 g/mol. The first kappa shape index (κ1) is 23.3. The summed E-state index contributed by atoms with van der Waals surface area (Å²) in [6, 6.07) is 22.2. The molecule has 2 aromatic carbocycles. The van der Waals surface area contributed by atoms with Crippen molar-refractivity contribution in [2.45, 2.75) is 83.0 Å². The van der Waals surface area contributed by atoms with Crippen LogP contribution in [0.4, 0.5) is 0 Å². The van der Waals surface area contributed by atoms with Crippen LogP contribution in [0.3, 0.4) is 0 Å². The highest BCUT2D eigenvalue weighted by atomic mass is 15.0. The lowest BCUT2D eigenvalue weighted by atomic mass is 9.66. The van der Waals surface area contributed by atoms with Crippen molar-refractivity contribution >= 4 is 0 Å². The average molecular weight is 418 g/mol. The Balaban J connectivity index is 1.85. The number of hydrogen-bond acceptors (Lipinski definition) is 0. The fraction of sp³-hybridized carbons (Fsp3) is 0.483. The van der Waals surface area contributed by atoms with Crippen molar-refractivity contribution in [2.75, 3.05) is 0 Å². The van der Waals surface area contributed by atoms with Gasteiger partial charge < -0.3 is 0 Å². The molecule has 0 aliphatic carbocycles. The summed E-state index contributed by atoms with van der Waals surface area (Å²) in [5.41, 5.74) is 2.86. The molecule has 1 N–H and O–H groups in total. The number of imidazole rings is 1. The number of aromatic nitrogens is 2. The van der Waals surface area contributed by atoms with Crippen LogP contribution in [-0.2, 0) is 18.9 Å². The number of aryl methyl sites for hydroxylation is 1. The normalized spacial score (nSPS) is 14.3. The quantitative estimate of drug-likeness (QED) is 0.223. The number of hydrogen-bond donors (Lipinski definition) is 1. The first-order valence-corrected chi connectivity index (χ1v) is 12.3. The van der Waals surface area contributed by atoms with E-state index in [1.807, 2.05) is 0 Å². The van der Waals surface area contributed by atoms with Crippen molar-refractivity contribution < 1.29 is 4.57 Å². The average Bonchev–Trinajstić information content (AvgIpc) is 3.22. The molecule has 31 heavy (non-hydrogen) atoms. The van der Waals surface area contributed by atoms with E-state index in [4.69, 9.17) is 0 Å². The van der Waals surface area contributed by atoms with Crippen LogP contribution in [0.5, 0.6) is 0 Å². The molecular formula is C29H41N2+. The predicted octanol–water partition coefficient (Wildman–Crippen LogP) is 7.26. The molecule has 3 aromatic rings. The van der Waals surface area contributed by atoms with Gasteiger partial charge in [-0.2, -0.15) is 0 Å². The standard InChI is InChI=1S/C29H40N2/c1-4-5-6-7-8-9-16-21-27(28-30-22-23-31(28)3)29(2,26-19-14-11-15-20-26)24-25-17-12-10-13-18-25/h10-15,17-20,22-23,27H,4-9,16,21,24H2,1-3H3/p+1. The zero-order valence-electron chi connectivity index (χ0n) is 19.8. The van der Waals surface area contributed by atoms with E-state index in [-0.39, 0.29) is 5.41 Å². The van der Waals surface area contributed by atoms with E-state index in [1.165, 1.54) is 68.3 Å². The molecule has 2 atom stereocenters. The van der Waals surface area contributed by atoms with Gasteiger partial charge in [0, 0.05) is 5.41 Å². The fourth-order valence-corrected chi connectivity index (χ4v) is 5.09. The third kappa shape index (κ3) is 6.32. The van der Waals surface area contributed by atoms with E-state index < -0.39 is 0 Å². The molecule has 2 heteroatoms. The Morgan fingerprint density at radius 3 is 2.06 bits per heavy atom. The molecule has 1 aromatic heterocycles. The molecule has 0 radical (unpaired) electrons. The summed E-state index contributed by atoms with van der Waals surface area (Å²) >= 11 is 0. The molecule has 0 bridgehead atoms. The minimum atomic E-state index is 0.0213. The maximum atomic E-state index is 3.60. The second kappa shape index (κ2) is 11.9. The number of benzene rings is 2. The first-order chi connectivity index (χ1) is 15.1. The van der Waals surface area contributed by atoms with Crippen LogP contribution in [0, 0.1) is 0 Å². The molecule has 2 nitrogen and oxygen atoms in total. The van der Waals surface area contributed by atoms with Crippen molar-refractivity contribution in [2.24, 2.45) is 7.05 Å². The first-order valence-electron chi connectivity index (χ1n) is 12.3. The topological polar surface area (TPSA) is 19.7 Å². The summed E-state index contributed by atoms with van der Waals surface area (Å²) < 4.78 is 2.29. The smallest absolute Gasteiger partial charge is 0.247 e. The summed E-state index contributed by atoms with van der Waals surface area (Å²) in [6.45, 7) is 4.76. The van der Waals surface area contributed by atoms with Gasteiger partial charge in [0.15, 0.2) is 0 Å². The van der Waals surface area contributed by atoms with Crippen LogP contribution in [0.25, 0.3) is 0 Å². The SMILES string of the molecule is CCCCCCCCCC(c1[nH]cc[n+]1C)C(C)(Cc1ccccc1)c1ccccc1. The third-order valence-electron chi connectivity index (χ3n) is 6.95. The Bertz CT molecular complexity index is 868. The molecule has 0 spiro atoms. The van der Waals surface area contributed by atoms with Crippen LogP contribution in [0.15, 0.2) is 73.1 Å². The Morgan fingerprint density at radius 2 is 1.45 bits per heavy atom. The van der Waals surface area contributed by atoms with E-state index in [0.717, 1.165) is 6.42 Å². The lowest BCUT2D eigenvalue weighted by Crippen LogP contribution is -2.41. The fourth-order valence-electron chi connectivity index (χ4n) is 5.09. The van der Waals surface area contributed by atoms with Crippen LogP contribution < -0.4 is 4.57 Å².